The molecule has 0 saturated heterocycles. The molecule has 0 aliphatic rings. The molecule has 2 aromatic heterocycles. The average Bonchev–Trinajstić information content (AvgIpc) is 3.30. The summed E-state index contributed by atoms with van der Waals surface area (Å²) in [5.41, 5.74) is 10.7. The molecule has 0 amide bonds. The van der Waals surface area contributed by atoms with Crippen LogP contribution in [0.1, 0.15) is 27.9 Å². The number of rotatable bonds is 7. The van der Waals surface area contributed by atoms with Crippen molar-refractivity contribution in [3.05, 3.63) is 100.0 Å². The third-order valence-corrected chi connectivity index (χ3v) is 6.43. The van der Waals surface area contributed by atoms with Crippen LogP contribution in [0.4, 0.5) is 0 Å². The number of methoxy groups -OCH3 is 1. The fraction of sp³-hybridized carbons (Fsp3) is 0.172. The molecule has 5 aromatic rings. The minimum Gasteiger partial charge on any atom is -0.465 e. The van der Waals surface area contributed by atoms with Crippen molar-refractivity contribution in [2.75, 3.05) is 13.7 Å². The first-order chi connectivity index (χ1) is 18.0. The van der Waals surface area contributed by atoms with Crippen LogP contribution in [0, 0.1) is 11.3 Å². The van der Waals surface area contributed by atoms with E-state index in [0.717, 1.165) is 22.0 Å². The molecule has 0 radical (unpaired) electrons. The van der Waals surface area contributed by atoms with Gasteiger partial charge in [-0.25, -0.2) is 9.78 Å². The maximum Gasteiger partial charge on any atom is 0.337 e. The van der Waals surface area contributed by atoms with E-state index in [4.69, 9.17) is 20.7 Å². The van der Waals surface area contributed by atoms with E-state index >= 15 is 0 Å². The van der Waals surface area contributed by atoms with Crippen LogP contribution in [0.3, 0.4) is 0 Å². The van der Waals surface area contributed by atoms with E-state index in [9.17, 15) is 9.59 Å². The van der Waals surface area contributed by atoms with Crippen molar-refractivity contribution in [1.29, 1.82) is 5.26 Å². The Kier molecular flexibility index (Phi) is 6.54. The summed E-state index contributed by atoms with van der Waals surface area (Å²) in [6, 6.07) is 22.5. The Hall–Kier alpha value is -4.74. The SMILES string of the molecule is COC(=O)c1ccc2nc(-c3cn(Cc4ccc(C#N)cc4)c4ccccc34)c(=O)n(CCCN)c2c1. The number of nitrogens with two attached hydrogens (primary N) is 1. The molecule has 3 aromatic carbocycles. The number of para-hydroxylation sites is 1. The number of fused-ring (bicyclic) bond motifs is 2. The summed E-state index contributed by atoms with van der Waals surface area (Å²) >= 11 is 0. The number of carbonyl (C=O) groups is 1. The van der Waals surface area contributed by atoms with Gasteiger partial charge in [0.2, 0.25) is 0 Å². The molecule has 37 heavy (non-hydrogen) atoms. The summed E-state index contributed by atoms with van der Waals surface area (Å²) in [6.07, 6.45) is 2.55. The molecule has 0 unspecified atom stereocenters. The average molecular weight is 492 g/mol. The maximum atomic E-state index is 13.8. The predicted molar refractivity (Wildman–Crippen MR) is 142 cm³/mol. The molecule has 0 fully saturated rings. The zero-order valence-corrected chi connectivity index (χ0v) is 20.3. The molecule has 2 N–H and O–H groups in total. The van der Waals surface area contributed by atoms with E-state index < -0.39 is 5.97 Å². The van der Waals surface area contributed by atoms with Crippen molar-refractivity contribution in [3.63, 3.8) is 0 Å². The lowest BCUT2D eigenvalue weighted by Crippen LogP contribution is -2.25. The molecule has 8 heteroatoms. The molecule has 0 atom stereocenters. The molecule has 184 valence electrons. The van der Waals surface area contributed by atoms with Gasteiger partial charge in [-0.05, 0) is 54.9 Å². The number of nitriles is 1. The van der Waals surface area contributed by atoms with E-state index in [1.54, 1.807) is 34.9 Å². The lowest BCUT2D eigenvalue weighted by Gasteiger charge is -2.13. The first kappa shape index (κ1) is 24.0. The summed E-state index contributed by atoms with van der Waals surface area (Å²) in [7, 11) is 1.32. The van der Waals surface area contributed by atoms with Crippen molar-refractivity contribution < 1.29 is 9.53 Å². The second-order valence-corrected chi connectivity index (χ2v) is 8.75. The number of nitrogens with zero attached hydrogens (tertiary/aromatic N) is 4. The van der Waals surface area contributed by atoms with Crippen LogP contribution in [0.25, 0.3) is 33.2 Å². The highest BCUT2D eigenvalue weighted by Crippen LogP contribution is 2.30. The fourth-order valence-electron chi connectivity index (χ4n) is 4.58. The van der Waals surface area contributed by atoms with E-state index in [1.165, 1.54) is 7.11 Å². The van der Waals surface area contributed by atoms with Crippen LogP contribution in [-0.2, 0) is 17.8 Å². The lowest BCUT2D eigenvalue weighted by atomic mass is 10.1. The van der Waals surface area contributed by atoms with Crippen LogP contribution >= 0.6 is 0 Å². The van der Waals surface area contributed by atoms with Crippen LogP contribution in [0.2, 0.25) is 0 Å². The molecule has 0 aliphatic carbocycles. The zero-order chi connectivity index (χ0) is 25.9. The summed E-state index contributed by atoms with van der Waals surface area (Å²) in [5.74, 6) is -0.477. The van der Waals surface area contributed by atoms with Gasteiger partial charge in [0.1, 0.15) is 5.69 Å². The number of hydrogen-bond donors (Lipinski definition) is 1. The predicted octanol–water partition coefficient (Wildman–Crippen LogP) is 4.07. The highest BCUT2D eigenvalue weighted by atomic mass is 16.5. The third kappa shape index (κ3) is 4.48. The van der Waals surface area contributed by atoms with Gasteiger partial charge >= 0.3 is 5.97 Å². The summed E-state index contributed by atoms with van der Waals surface area (Å²) in [5, 5.41) is 10.0. The van der Waals surface area contributed by atoms with Gasteiger partial charge < -0.3 is 19.6 Å². The topological polar surface area (TPSA) is 116 Å². The quantitative estimate of drug-likeness (QED) is 0.343. The lowest BCUT2D eigenvalue weighted by molar-refractivity contribution is 0.0601. The second kappa shape index (κ2) is 10.1. The Bertz CT molecular complexity index is 1730. The Morgan fingerprint density at radius 2 is 1.86 bits per heavy atom. The molecule has 8 nitrogen and oxygen atoms in total. The smallest absolute Gasteiger partial charge is 0.337 e. The number of benzene rings is 3. The summed E-state index contributed by atoms with van der Waals surface area (Å²) in [4.78, 5) is 30.7. The van der Waals surface area contributed by atoms with Crippen molar-refractivity contribution in [3.8, 4) is 17.3 Å². The maximum absolute atomic E-state index is 13.8. The number of ether oxygens (including phenoxy) is 1. The molecule has 0 bridgehead atoms. The van der Waals surface area contributed by atoms with Gasteiger partial charge in [0.25, 0.3) is 5.56 Å². The second-order valence-electron chi connectivity index (χ2n) is 8.75. The zero-order valence-electron chi connectivity index (χ0n) is 20.3. The van der Waals surface area contributed by atoms with E-state index in [-0.39, 0.29) is 5.56 Å². The van der Waals surface area contributed by atoms with Crippen LogP contribution in [0.5, 0.6) is 0 Å². The molecule has 2 heterocycles. The van der Waals surface area contributed by atoms with Gasteiger partial charge in [0, 0.05) is 35.8 Å². The highest BCUT2D eigenvalue weighted by Gasteiger charge is 2.19. The standard InChI is InChI=1S/C29H25N5O3/c1-37-29(36)21-11-12-24-26(15-21)34(14-4-13-30)28(35)27(32-24)23-18-33(25-6-3-2-5-22(23)25)17-20-9-7-19(16-31)8-10-20/h2-3,5-12,15,18H,4,13-14,17,30H2,1H3. The first-order valence-corrected chi connectivity index (χ1v) is 11.9. The third-order valence-electron chi connectivity index (χ3n) is 6.43. The van der Waals surface area contributed by atoms with Crippen molar-refractivity contribution in [1.82, 2.24) is 14.1 Å². The van der Waals surface area contributed by atoms with E-state index in [1.807, 2.05) is 42.6 Å². The number of esters is 1. The van der Waals surface area contributed by atoms with E-state index in [2.05, 4.69) is 10.6 Å². The van der Waals surface area contributed by atoms with E-state index in [0.29, 0.717) is 53.9 Å². The minimum absolute atomic E-state index is 0.246. The van der Waals surface area contributed by atoms with Gasteiger partial charge in [-0.1, -0.05) is 30.3 Å². The molecular weight excluding hydrogens is 466 g/mol. The van der Waals surface area contributed by atoms with Crippen LogP contribution in [-0.4, -0.2) is 33.7 Å². The molecule has 0 saturated carbocycles. The molecule has 0 aliphatic heterocycles. The van der Waals surface area contributed by atoms with Crippen molar-refractivity contribution >= 4 is 27.9 Å². The number of hydrogen-bond acceptors (Lipinski definition) is 6. The Balaban J connectivity index is 1.69. The normalized spacial score (nSPS) is 11.1. The fourth-order valence-corrected chi connectivity index (χ4v) is 4.58. The Morgan fingerprint density at radius 1 is 1.08 bits per heavy atom. The van der Waals surface area contributed by atoms with Gasteiger partial charge in [-0.2, -0.15) is 5.26 Å². The molecular formula is C29H25N5O3. The molecule has 0 spiro atoms. The van der Waals surface area contributed by atoms with Gasteiger partial charge in [0.15, 0.2) is 0 Å². The van der Waals surface area contributed by atoms with Gasteiger partial charge in [0.05, 0.1) is 35.3 Å². The Morgan fingerprint density at radius 3 is 2.59 bits per heavy atom. The van der Waals surface area contributed by atoms with Gasteiger partial charge in [-0.15, -0.1) is 0 Å². The minimum atomic E-state index is -0.477. The number of aromatic nitrogens is 3. The monoisotopic (exact) mass is 491 g/mol. The van der Waals surface area contributed by atoms with Crippen LogP contribution < -0.4 is 11.3 Å². The number of aryl methyl sites for hydroxylation is 1. The van der Waals surface area contributed by atoms with Crippen molar-refractivity contribution in [2.24, 2.45) is 5.73 Å². The van der Waals surface area contributed by atoms with Gasteiger partial charge in [-0.3, -0.25) is 4.79 Å². The highest BCUT2D eigenvalue weighted by molar-refractivity contribution is 5.97. The number of carbonyl (C=O) groups excluding carboxylic acids is 1. The summed E-state index contributed by atoms with van der Waals surface area (Å²) < 4.78 is 8.58. The summed E-state index contributed by atoms with van der Waals surface area (Å²) in [6.45, 7) is 1.39. The largest absolute Gasteiger partial charge is 0.465 e. The molecule has 5 rings (SSSR count). The first-order valence-electron chi connectivity index (χ1n) is 11.9. The van der Waals surface area contributed by atoms with Crippen molar-refractivity contribution in [2.45, 2.75) is 19.5 Å². The Labute approximate surface area is 213 Å². The van der Waals surface area contributed by atoms with Crippen LogP contribution in [0.15, 0.2) is 77.7 Å².